The third-order valence-electron chi connectivity index (χ3n) is 7.53. The number of nitrogens with one attached hydrogen (secondary N) is 1. The second kappa shape index (κ2) is 10.1. The maximum atomic E-state index is 14.9. The van der Waals surface area contributed by atoms with Crippen molar-refractivity contribution in [3.63, 3.8) is 0 Å². The maximum Gasteiger partial charge on any atom is 0.332 e. The number of aliphatic hydroxyl groups is 1. The second-order valence-electron chi connectivity index (χ2n) is 9.95. The lowest BCUT2D eigenvalue weighted by molar-refractivity contribution is 0.0118. The Labute approximate surface area is 230 Å². The van der Waals surface area contributed by atoms with Gasteiger partial charge in [0.2, 0.25) is 0 Å². The molecule has 4 aromatic rings. The van der Waals surface area contributed by atoms with Crippen molar-refractivity contribution in [3.05, 3.63) is 82.4 Å². The summed E-state index contributed by atoms with van der Waals surface area (Å²) in [5.74, 6) is -0.0564. The SMILES string of the molecule is CN[C@@]1(N(C)C)CN(c2cc(-c3cc(F)cc(-c4ccc(-n5ccn(C)c5=O)c(Cl)c4)c3O)ccn2)C[C@H]1O. The van der Waals surface area contributed by atoms with Gasteiger partial charge in [-0.3, -0.25) is 14.8 Å². The Bertz CT molecular complexity index is 1600. The highest BCUT2D eigenvalue weighted by atomic mass is 35.5. The maximum absolute atomic E-state index is 14.9. The normalized spacial score (nSPS) is 19.3. The van der Waals surface area contributed by atoms with Crippen molar-refractivity contribution in [2.45, 2.75) is 11.8 Å². The summed E-state index contributed by atoms with van der Waals surface area (Å²) in [5, 5.41) is 25.6. The van der Waals surface area contributed by atoms with Crippen LogP contribution in [-0.4, -0.2) is 75.2 Å². The van der Waals surface area contributed by atoms with Crippen LogP contribution in [0, 0.1) is 5.82 Å². The van der Waals surface area contributed by atoms with E-state index in [1.165, 1.54) is 21.3 Å². The largest absolute Gasteiger partial charge is 0.507 e. The average Bonchev–Trinajstić information content (AvgIpc) is 3.44. The molecule has 5 rings (SSSR count). The number of aryl methyl sites for hydroxylation is 1. The number of phenols is 1. The van der Waals surface area contributed by atoms with Crippen LogP contribution in [0.5, 0.6) is 5.75 Å². The van der Waals surface area contributed by atoms with E-state index in [-0.39, 0.29) is 22.0 Å². The van der Waals surface area contributed by atoms with E-state index in [1.54, 1.807) is 63.0 Å². The van der Waals surface area contributed by atoms with Crippen molar-refractivity contribution in [1.29, 1.82) is 0 Å². The monoisotopic (exact) mass is 552 g/mol. The highest BCUT2D eigenvalue weighted by Crippen LogP contribution is 2.41. The number of aromatic nitrogens is 3. The second-order valence-corrected chi connectivity index (χ2v) is 10.4. The fraction of sp³-hybridized carbons (Fsp3) is 0.286. The number of phenolic OH excluding ortho intramolecular Hbond substituents is 1. The molecule has 3 N–H and O–H groups in total. The molecular weight excluding hydrogens is 523 g/mol. The molecule has 2 aromatic heterocycles. The Morgan fingerprint density at radius 1 is 1.13 bits per heavy atom. The summed E-state index contributed by atoms with van der Waals surface area (Å²) in [6.45, 7) is 0.828. The van der Waals surface area contributed by atoms with E-state index in [0.717, 1.165) is 0 Å². The number of β-amino-alcohol motifs (C(OH)–C–C–N with tert-alkyl or cyclic N) is 1. The Hall–Kier alpha value is -3.70. The van der Waals surface area contributed by atoms with Crippen LogP contribution in [0.4, 0.5) is 10.2 Å². The lowest BCUT2D eigenvalue weighted by atomic mass is 9.97. The molecule has 204 valence electrons. The van der Waals surface area contributed by atoms with Crippen LogP contribution >= 0.6 is 11.6 Å². The van der Waals surface area contributed by atoms with Crippen LogP contribution < -0.4 is 15.9 Å². The molecule has 0 radical (unpaired) electrons. The number of hydrogen-bond acceptors (Lipinski definition) is 7. The van der Waals surface area contributed by atoms with Gasteiger partial charge in [-0.25, -0.2) is 14.2 Å². The van der Waals surface area contributed by atoms with Gasteiger partial charge in [0, 0.05) is 43.3 Å². The van der Waals surface area contributed by atoms with Crippen LogP contribution in [0.1, 0.15) is 0 Å². The van der Waals surface area contributed by atoms with E-state index >= 15 is 0 Å². The number of pyridine rings is 1. The Morgan fingerprint density at radius 3 is 2.38 bits per heavy atom. The quantitative estimate of drug-likeness (QED) is 0.316. The first-order valence-electron chi connectivity index (χ1n) is 12.4. The average molecular weight is 553 g/mol. The molecule has 11 heteroatoms. The Morgan fingerprint density at radius 2 is 1.82 bits per heavy atom. The van der Waals surface area contributed by atoms with E-state index in [9.17, 15) is 19.4 Å². The van der Waals surface area contributed by atoms with Crippen LogP contribution in [0.3, 0.4) is 0 Å². The van der Waals surface area contributed by atoms with Crippen LogP contribution in [0.25, 0.3) is 27.9 Å². The lowest BCUT2D eigenvalue weighted by Gasteiger charge is -2.38. The summed E-state index contributed by atoms with van der Waals surface area (Å²) >= 11 is 6.52. The summed E-state index contributed by atoms with van der Waals surface area (Å²) in [6, 6.07) is 10.9. The minimum atomic E-state index is -0.670. The third kappa shape index (κ3) is 4.59. The number of imidazole rings is 1. The first kappa shape index (κ1) is 26.9. The van der Waals surface area contributed by atoms with Gasteiger partial charge in [0.15, 0.2) is 0 Å². The van der Waals surface area contributed by atoms with E-state index in [2.05, 4.69) is 10.3 Å². The molecule has 39 heavy (non-hydrogen) atoms. The topological polar surface area (TPSA) is 98.8 Å². The summed E-state index contributed by atoms with van der Waals surface area (Å²) < 4.78 is 17.7. The fourth-order valence-electron chi connectivity index (χ4n) is 5.22. The third-order valence-corrected chi connectivity index (χ3v) is 7.83. The zero-order valence-electron chi connectivity index (χ0n) is 22.1. The zero-order valence-corrected chi connectivity index (χ0v) is 22.8. The molecule has 0 bridgehead atoms. The highest BCUT2D eigenvalue weighted by molar-refractivity contribution is 6.32. The number of hydrogen-bond donors (Lipinski definition) is 3. The number of aromatic hydroxyl groups is 1. The molecule has 0 aliphatic carbocycles. The van der Waals surface area contributed by atoms with E-state index in [0.29, 0.717) is 41.3 Å². The van der Waals surface area contributed by atoms with Gasteiger partial charge >= 0.3 is 5.69 Å². The Kier molecular flexibility index (Phi) is 6.98. The molecule has 1 fully saturated rings. The van der Waals surface area contributed by atoms with Crippen molar-refractivity contribution < 1.29 is 14.6 Å². The van der Waals surface area contributed by atoms with Gasteiger partial charge in [-0.2, -0.15) is 0 Å². The van der Waals surface area contributed by atoms with Gasteiger partial charge < -0.3 is 19.7 Å². The number of rotatable bonds is 6. The van der Waals surface area contributed by atoms with Crippen molar-refractivity contribution in [3.8, 4) is 33.7 Å². The highest BCUT2D eigenvalue weighted by Gasteiger charge is 2.47. The standard InChI is InChI=1S/C28H30ClFN6O3/c1-31-28(33(2)3)16-35(15-24(28)37)25-12-18(7-8-32-25)21-14-19(30)13-20(26(21)38)17-5-6-23(22(29)11-17)36-10-9-34(4)27(36)39/h5-14,24,31,37-38H,15-16H2,1-4H3/t24-,28-/m1/s1. The predicted octanol–water partition coefficient (Wildman–Crippen LogP) is 3.06. The first-order chi connectivity index (χ1) is 18.6. The number of nitrogens with zero attached hydrogens (tertiary/aromatic N) is 5. The number of halogens is 2. The number of aliphatic hydroxyl groups excluding tert-OH is 1. The molecule has 0 unspecified atom stereocenters. The molecule has 1 saturated heterocycles. The summed E-state index contributed by atoms with van der Waals surface area (Å²) in [5.41, 5.74) is 1.19. The molecular formula is C28H30ClFN6O3. The van der Waals surface area contributed by atoms with Gasteiger partial charge in [0.1, 0.15) is 29.2 Å². The van der Waals surface area contributed by atoms with E-state index in [1.807, 2.05) is 23.9 Å². The zero-order chi connectivity index (χ0) is 28.1. The number of benzene rings is 2. The molecule has 3 heterocycles. The molecule has 2 aromatic carbocycles. The van der Waals surface area contributed by atoms with Gasteiger partial charge in [-0.15, -0.1) is 0 Å². The summed E-state index contributed by atoms with van der Waals surface area (Å²) in [6.07, 6.45) is 4.17. The van der Waals surface area contributed by atoms with Gasteiger partial charge in [-0.1, -0.05) is 17.7 Å². The molecule has 1 aliphatic rings. The van der Waals surface area contributed by atoms with Gasteiger partial charge in [0.05, 0.1) is 17.3 Å². The van der Waals surface area contributed by atoms with Gasteiger partial charge in [0.25, 0.3) is 0 Å². The van der Waals surface area contributed by atoms with Crippen molar-refractivity contribution in [2.75, 3.05) is 39.1 Å². The lowest BCUT2D eigenvalue weighted by Crippen LogP contribution is -2.62. The Balaban J connectivity index is 1.52. The first-order valence-corrected chi connectivity index (χ1v) is 12.8. The van der Waals surface area contributed by atoms with Crippen molar-refractivity contribution in [2.24, 2.45) is 7.05 Å². The van der Waals surface area contributed by atoms with Gasteiger partial charge in [-0.05, 0) is 68.7 Å². The van der Waals surface area contributed by atoms with Crippen LogP contribution in [0.15, 0.2) is 65.8 Å². The van der Waals surface area contributed by atoms with Crippen LogP contribution in [0.2, 0.25) is 5.02 Å². The van der Waals surface area contributed by atoms with E-state index < -0.39 is 17.6 Å². The molecule has 1 aliphatic heterocycles. The minimum Gasteiger partial charge on any atom is -0.507 e. The van der Waals surface area contributed by atoms with Crippen molar-refractivity contribution >= 4 is 17.4 Å². The molecule has 0 amide bonds. The number of likely N-dealkylation sites (N-methyl/N-ethyl adjacent to an activating group) is 2. The molecule has 0 saturated carbocycles. The van der Waals surface area contributed by atoms with E-state index in [4.69, 9.17) is 11.6 Å². The fourth-order valence-corrected chi connectivity index (χ4v) is 5.49. The molecule has 2 atom stereocenters. The van der Waals surface area contributed by atoms with Crippen molar-refractivity contribution in [1.82, 2.24) is 24.3 Å². The molecule has 0 spiro atoms. The number of anilines is 1. The smallest absolute Gasteiger partial charge is 0.332 e. The summed E-state index contributed by atoms with van der Waals surface area (Å²) in [7, 11) is 7.25. The molecule has 9 nitrogen and oxygen atoms in total. The van der Waals surface area contributed by atoms with Crippen LogP contribution in [-0.2, 0) is 7.05 Å². The predicted molar refractivity (Wildman–Crippen MR) is 150 cm³/mol. The minimum absolute atomic E-state index is 0.117. The summed E-state index contributed by atoms with van der Waals surface area (Å²) in [4.78, 5) is 20.7.